The van der Waals surface area contributed by atoms with E-state index >= 15 is 0 Å². The number of hydrogen-bond donors (Lipinski definition) is 0. The number of likely N-dealkylation sites (tertiary alicyclic amines) is 1. The van der Waals surface area contributed by atoms with Gasteiger partial charge in [-0.25, -0.2) is 9.78 Å². The molecule has 0 aromatic carbocycles. The van der Waals surface area contributed by atoms with Gasteiger partial charge in [-0.15, -0.1) is 0 Å². The summed E-state index contributed by atoms with van der Waals surface area (Å²) in [5.41, 5.74) is -0.495. The molecule has 0 radical (unpaired) electrons. The highest BCUT2D eigenvalue weighted by atomic mass is 16.7. The molecule has 0 aliphatic carbocycles. The Morgan fingerprint density at radius 1 is 1.26 bits per heavy atom. The average Bonchev–Trinajstić information content (AvgIpc) is 3.09. The number of nitrogens with zero attached hydrogens (tertiary/aromatic N) is 3. The Kier molecular flexibility index (Phi) is 5.10. The molecule has 2 fully saturated rings. The first-order valence-electron chi connectivity index (χ1n) is 9.75. The predicted octanol–water partition coefficient (Wildman–Crippen LogP) is 2.75. The number of carbonyl (C=O) groups excluding carboxylic acids is 1. The fourth-order valence-corrected chi connectivity index (χ4v) is 3.33. The number of rotatable bonds is 2. The molecule has 2 saturated heterocycles. The van der Waals surface area contributed by atoms with Gasteiger partial charge < -0.3 is 23.5 Å². The molecule has 8 heteroatoms. The first-order chi connectivity index (χ1) is 12.4. The minimum atomic E-state index is -0.483. The van der Waals surface area contributed by atoms with E-state index in [0.29, 0.717) is 6.54 Å². The van der Waals surface area contributed by atoms with Gasteiger partial charge in [0.15, 0.2) is 0 Å². The molecule has 1 atom stereocenters. The van der Waals surface area contributed by atoms with Crippen LogP contribution in [0.4, 0.5) is 4.79 Å². The lowest BCUT2D eigenvalue weighted by molar-refractivity contribution is 0.00578. The number of hydrogen-bond acceptors (Lipinski definition) is 5. The largest absolute Gasteiger partial charge is 0.516 e. The van der Waals surface area contributed by atoms with Crippen molar-refractivity contribution in [2.75, 3.05) is 13.1 Å². The fourth-order valence-electron chi connectivity index (χ4n) is 3.33. The molecule has 7 nitrogen and oxygen atoms in total. The van der Waals surface area contributed by atoms with E-state index in [-0.39, 0.29) is 23.3 Å². The Balaban J connectivity index is 1.67. The quantitative estimate of drug-likeness (QED) is 0.742. The van der Waals surface area contributed by atoms with Crippen LogP contribution < -0.4 is 5.59 Å². The van der Waals surface area contributed by atoms with Crippen LogP contribution in [0.25, 0.3) is 0 Å². The van der Waals surface area contributed by atoms with Crippen molar-refractivity contribution in [1.82, 2.24) is 14.5 Å². The highest BCUT2D eigenvalue weighted by Gasteiger charge is 2.52. The number of ether oxygens (including phenoxy) is 1. The van der Waals surface area contributed by atoms with Crippen molar-refractivity contribution in [2.24, 2.45) is 0 Å². The van der Waals surface area contributed by atoms with E-state index in [0.717, 1.165) is 25.0 Å². The van der Waals surface area contributed by atoms with Crippen LogP contribution in [0.15, 0.2) is 12.5 Å². The lowest BCUT2D eigenvalue weighted by Crippen LogP contribution is -2.43. The normalized spacial score (nSPS) is 24.9. The lowest BCUT2D eigenvalue weighted by atomic mass is 9.86. The Morgan fingerprint density at radius 2 is 1.89 bits per heavy atom. The lowest BCUT2D eigenvalue weighted by Gasteiger charge is -2.34. The van der Waals surface area contributed by atoms with E-state index in [1.54, 1.807) is 4.90 Å². The van der Waals surface area contributed by atoms with Gasteiger partial charge in [0.2, 0.25) is 0 Å². The van der Waals surface area contributed by atoms with Gasteiger partial charge in [-0.1, -0.05) is 0 Å². The number of piperidine rings is 1. The van der Waals surface area contributed by atoms with E-state index in [9.17, 15) is 4.79 Å². The standard InChI is InChI=1S/C19H32BN3O4/c1-17(2,3)25-16(24)22-10-8-9-14(11-22)23-12-15(21-13-23)20-26-18(4,5)19(6,7)27-20/h12-14H,8-11H2,1-7H3. The summed E-state index contributed by atoms with van der Waals surface area (Å²) in [4.78, 5) is 18.7. The molecule has 0 saturated carbocycles. The molecule has 0 N–H and O–H groups in total. The van der Waals surface area contributed by atoms with Crippen LogP contribution in [0.5, 0.6) is 0 Å². The molecule has 150 valence electrons. The predicted molar refractivity (Wildman–Crippen MR) is 104 cm³/mol. The number of imidazole rings is 1. The van der Waals surface area contributed by atoms with Crippen LogP contribution in [0.3, 0.4) is 0 Å². The summed E-state index contributed by atoms with van der Waals surface area (Å²) in [5, 5.41) is 0. The third-order valence-electron chi connectivity index (χ3n) is 5.59. The monoisotopic (exact) mass is 377 g/mol. The fraction of sp³-hybridized carbons (Fsp3) is 0.789. The van der Waals surface area contributed by atoms with E-state index in [1.807, 2.05) is 61.0 Å². The SMILES string of the molecule is CC(C)(C)OC(=O)N1CCCC(n2cnc(B3OC(C)(C)C(C)(C)O3)c2)C1. The zero-order valence-electron chi connectivity index (χ0n) is 17.6. The van der Waals surface area contributed by atoms with Gasteiger partial charge >= 0.3 is 13.2 Å². The van der Waals surface area contributed by atoms with E-state index in [1.165, 1.54) is 0 Å². The summed E-state index contributed by atoms with van der Waals surface area (Å²) in [6, 6.07) is 0.176. The molecule has 27 heavy (non-hydrogen) atoms. The van der Waals surface area contributed by atoms with Crippen molar-refractivity contribution in [3.05, 3.63) is 12.5 Å². The van der Waals surface area contributed by atoms with Crippen LogP contribution >= 0.6 is 0 Å². The Bertz CT molecular complexity index is 679. The molecule has 0 spiro atoms. The number of carbonyl (C=O) groups is 1. The Morgan fingerprint density at radius 3 is 2.48 bits per heavy atom. The summed E-state index contributed by atoms with van der Waals surface area (Å²) in [6.07, 6.45) is 5.47. The second-order valence-electron chi connectivity index (χ2n) is 9.56. The molecule has 1 unspecified atom stereocenters. The van der Waals surface area contributed by atoms with Crippen molar-refractivity contribution >= 4 is 18.8 Å². The summed E-state index contributed by atoms with van der Waals surface area (Å²) < 4.78 is 19.7. The van der Waals surface area contributed by atoms with Crippen LogP contribution in [0.2, 0.25) is 0 Å². The molecule has 0 bridgehead atoms. The minimum absolute atomic E-state index is 0.176. The maximum absolute atomic E-state index is 12.4. The van der Waals surface area contributed by atoms with Gasteiger partial charge in [0.05, 0.1) is 29.2 Å². The van der Waals surface area contributed by atoms with Crippen molar-refractivity contribution < 1.29 is 18.8 Å². The molecular formula is C19H32BN3O4. The van der Waals surface area contributed by atoms with Gasteiger partial charge in [-0.05, 0) is 61.3 Å². The highest BCUT2D eigenvalue weighted by Crippen LogP contribution is 2.36. The molecular weight excluding hydrogens is 345 g/mol. The van der Waals surface area contributed by atoms with E-state index in [4.69, 9.17) is 14.0 Å². The molecule has 3 heterocycles. The second-order valence-corrected chi connectivity index (χ2v) is 9.56. The summed E-state index contributed by atoms with van der Waals surface area (Å²) >= 11 is 0. The molecule has 2 aliphatic heterocycles. The van der Waals surface area contributed by atoms with Crippen molar-refractivity contribution in [3.8, 4) is 0 Å². The Hall–Kier alpha value is -1.54. The Labute approximate surface area is 162 Å². The average molecular weight is 377 g/mol. The maximum Gasteiger partial charge on any atom is 0.516 e. The molecule has 1 amide bonds. The van der Waals surface area contributed by atoms with Crippen LogP contribution in [0, 0.1) is 0 Å². The molecule has 3 rings (SSSR count). The molecule has 2 aliphatic rings. The number of amides is 1. The van der Waals surface area contributed by atoms with Gasteiger partial charge in [0.1, 0.15) is 5.60 Å². The minimum Gasteiger partial charge on any atom is -0.444 e. The van der Waals surface area contributed by atoms with Crippen LogP contribution in [0.1, 0.15) is 67.3 Å². The van der Waals surface area contributed by atoms with Crippen molar-refractivity contribution in [3.63, 3.8) is 0 Å². The van der Waals surface area contributed by atoms with Crippen molar-refractivity contribution in [1.29, 1.82) is 0 Å². The first-order valence-corrected chi connectivity index (χ1v) is 9.75. The summed E-state index contributed by atoms with van der Waals surface area (Å²) in [5.74, 6) is 0. The van der Waals surface area contributed by atoms with E-state index in [2.05, 4.69) is 9.55 Å². The maximum atomic E-state index is 12.4. The van der Waals surface area contributed by atoms with E-state index < -0.39 is 12.7 Å². The first kappa shape index (κ1) is 20.2. The van der Waals surface area contributed by atoms with Gasteiger partial charge in [-0.2, -0.15) is 0 Å². The number of aromatic nitrogens is 2. The molecule has 1 aromatic heterocycles. The van der Waals surface area contributed by atoms with Gasteiger partial charge in [0.25, 0.3) is 0 Å². The summed E-state index contributed by atoms with van der Waals surface area (Å²) in [7, 11) is -0.471. The zero-order chi connectivity index (χ0) is 20.0. The zero-order valence-corrected chi connectivity index (χ0v) is 17.6. The topological polar surface area (TPSA) is 65.8 Å². The van der Waals surface area contributed by atoms with Gasteiger partial charge in [0, 0.05) is 19.3 Å². The van der Waals surface area contributed by atoms with Crippen LogP contribution in [-0.4, -0.2) is 57.6 Å². The second kappa shape index (κ2) is 6.81. The highest BCUT2D eigenvalue weighted by molar-refractivity contribution is 6.61. The third kappa shape index (κ3) is 4.32. The van der Waals surface area contributed by atoms with Crippen molar-refractivity contribution in [2.45, 2.75) is 84.2 Å². The molecule has 1 aromatic rings. The smallest absolute Gasteiger partial charge is 0.444 e. The van der Waals surface area contributed by atoms with Crippen LogP contribution in [-0.2, 0) is 14.0 Å². The third-order valence-corrected chi connectivity index (χ3v) is 5.59. The van der Waals surface area contributed by atoms with Gasteiger partial charge in [-0.3, -0.25) is 0 Å². The summed E-state index contributed by atoms with van der Waals surface area (Å²) in [6.45, 7) is 15.1.